The number of phenolic OH excluding ortho intramolecular Hbond substituents is 1. The minimum absolute atomic E-state index is 0.0456. The molecule has 7 heteroatoms. The van der Waals surface area contributed by atoms with E-state index in [0.717, 1.165) is 18.9 Å². The maximum absolute atomic E-state index is 13.1. The smallest absolute Gasteiger partial charge is 0.418 e. The largest absolute Gasteiger partial charge is 0.508 e. The lowest BCUT2D eigenvalue weighted by molar-refractivity contribution is -0.136. The molecule has 0 aliphatic heterocycles. The fourth-order valence-corrected chi connectivity index (χ4v) is 2.92. The number of fused-ring (bicyclic) bond motifs is 1. The second-order valence-electron chi connectivity index (χ2n) is 6.12. The fraction of sp³-hybridized carbons (Fsp3) is 0.538. The van der Waals surface area contributed by atoms with Crippen molar-refractivity contribution >= 4 is 11.0 Å². The molecular formula is C13H14F3N3O. The SMILES string of the molecule is CC1(C)CC(n2nnc3cc(O)cc(C(F)(F)F)c32)C1. The zero-order valence-electron chi connectivity index (χ0n) is 11.1. The first-order chi connectivity index (χ1) is 9.17. The zero-order chi connectivity index (χ0) is 14.7. The molecule has 2 aromatic rings. The molecule has 0 radical (unpaired) electrons. The Morgan fingerprint density at radius 1 is 1.30 bits per heavy atom. The van der Waals surface area contributed by atoms with Crippen LogP contribution in [0.5, 0.6) is 5.75 Å². The number of halogens is 3. The van der Waals surface area contributed by atoms with Crippen LogP contribution in [0.15, 0.2) is 12.1 Å². The van der Waals surface area contributed by atoms with Crippen LogP contribution in [0.2, 0.25) is 0 Å². The molecule has 0 spiro atoms. The maximum atomic E-state index is 13.1. The van der Waals surface area contributed by atoms with Gasteiger partial charge < -0.3 is 5.11 Å². The van der Waals surface area contributed by atoms with E-state index in [9.17, 15) is 18.3 Å². The van der Waals surface area contributed by atoms with Crippen LogP contribution in [-0.4, -0.2) is 20.1 Å². The molecule has 1 aliphatic carbocycles. The highest BCUT2D eigenvalue weighted by Crippen LogP contribution is 2.49. The first kappa shape index (κ1) is 13.2. The minimum Gasteiger partial charge on any atom is -0.508 e. The van der Waals surface area contributed by atoms with Crippen molar-refractivity contribution in [3.8, 4) is 5.75 Å². The Kier molecular flexibility index (Phi) is 2.55. The van der Waals surface area contributed by atoms with Crippen LogP contribution in [0.25, 0.3) is 11.0 Å². The summed E-state index contributed by atoms with van der Waals surface area (Å²) in [6.45, 7) is 4.14. The predicted molar refractivity (Wildman–Crippen MR) is 66.2 cm³/mol. The summed E-state index contributed by atoms with van der Waals surface area (Å²) in [6, 6.07) is 1.87. The molecule has 1 aliphatic rings. The Hall–Kier alpha value is -1.79. The predicted octanol–water partition coefficient (Wildman–Crippen LogP) is 3.52. The molecule has 0 amide bonds. The maximum Gasteiger partial charge on any atom is 0.418 e. The number of nitrogens with zero attached hydrogens (tertiary/aromatic N) is 3. The third kappa shape index (κ3) is 2.01. The van der Waals surface area contributed by atoms with Crippen molar-refractivity contribution in [1.29, 1.82) is 0 Å². The molecular weight excluding hydrogens is 271 g/mol. The van der Waals surface area contributed by atoms with E-state index in [2.05, 4.69) is 24.2 Å². The van der Waals surface area contributed by atoms with Crippen molar-refractivity contribution in [2.24, 2.45) is 5.41 Å². The molecule has 1 fully saturated rings. The standard InChI is InChI=1S/C13H14F3N3O/c1-12(2)5-7(6-12)19-11-9(13(14,15)16)3-8(20)4-10(11)17-18-19/h3-4,7,20H,5-6H2,1-2H3. The van der Waals surface area contributed by atoms with E-state index < -0.39 is 17.5 Å². The first-order valence-electron chi connectivity index (χ1n) is 6.32. The molecule has 3 rings (SSSR count). The number of aromatic nitrogens is 3. The van der Waals surface area contributed by atoms with Gasteiger partial charge in [0.25, 0.3) is 0 Å². The topological polar surface area (TPSA) is 50.9 Å². The summed E-state index contributed by atoms with van der Waals surface area (Å²) in [5, 5.41) is 17.0. The summed E-state index contributed by atoms with van der Waals surface area (Å²) in [6.07, 6.45) is -3.01. The average Bonchev–Trinajstić information content (AvgIpc) is 2.66. The molecule has 1 aromatic heterocycles. The zero-order valence-corrected chi connectivity index (χ0v) is 11.1. The molecule has 0 bridgehead atoms. The Bertz CT molecular complexity index is 667. The van der Waals surface area contributed by atoms with Gasteiger partial charge in [-0.05, 0) is 24.3 Å². The summed E-state index contributed by atoms with van der Waals surface area (Å²) in [5.41, 5.74) is -0.738. The van der Waals surface area contributed by atoms with Crippen molar-refractivity contribution < 1.29 is 18.3 Å². The second kappa shape index (κ2) is 3.86. The summed E-state index contributed by atoms with van der Waals surface area (Å²) in [5.74, 6) is -0.453. The molecule has 0 atom stereocenters. The minimum atomic E-state index is -4.55. The van der Waals surface area contributed by atoms with Gasteiger partial charge >= 0.3 is 6.18 Å². The lowest BCUT2D eigenvalue weighted by atomic mass is 9.68. The highest BCUT2D eigenvalue weighted by Gasteiger charge is 2.41. The van der Waals surface area contributed by atoms with Gasteiger partial charge in [0.1, 0.15) is 16.8 Å². The van der Waals surface area contributed by atoms with E-state index in [1.807, 2.05) is 0 Å². The van der Waals surface area contributed by atoms with E-state index in [-0.39, 0.29) is 22.5 Å². The number of phenols is 1. The molecule has 4 nitrogen and oxygen atoms in total. The van der Waals surface area contributed by atoms with Crippen molar-refractivity contribution in [2.75, 3.05) is 0 Å². The molecule has 0 saturated heterocycles. The van der Waals surface area contributed by atoms with Gasteiger partial charge in [-0.1, -0.05) is 19.1 Å². The summed E-state index contributed by atoms with van der Waals surface area (Å²) in [4.78, 5) is 0. The fourth-order valence-electron chi connectivity index (χ4n) is 2.92. The molecule has 0 unspecified atom stereocenters. The average molecular weight is 285 g/mol. The lowest BCUT2D eigenvalue weighted by Crippen LogP contribution is -2.34. The Labute approximate surface area is 113 Å². The third-order valence-corrected chi connectivity index (χ3v) is 3.78. The van der Waals surface area contributed by atoms with Crippen LogP contribution in [0.4, 0.5) is 13.2 Å². The number of benzene rings is 1. The monoisotopic (exact) mass is 285 g/mol. The van der Waals surface area contributed by atoms with Gasteiger partial charge in [-0.25, -0.2) is 4.68 Å². The van der Waals surface area contributed by atoms with Crippen molar-refractivity contribution in [3.63, 3.8) is 0 Å². The van der Waals surface area contributed by atoms with Crippen LogP contribution in [0.3, 0.4) is 0 Å². The number of hydrogen-bond donors (Lipinski definition) is 1. The number of alkyl halides is 3. The van der Waals surface area contributed by atoms with Gasteiger partial charge in [-0.15, -0.1) is 5.10 Å². The summed E-state index contributed by atoms with van der Waals surface area (Å²) >= 11 is 0. The highest BCUT2D eigenvalue weighted by molar-refractivity contribution is 5.80. The van der Waals surface area contributed by atoms with Crippen LogP contribution in [0.1, 0.15) is 38.3 Å². The van der Waals surface area contributed by atoms with Crippen LogP contribution in [0, 0.1) is 5.41 Å². The highest BCUT2D eigenvalue weighted by atomic mass is 19.4. The van der Waals surface area contributed by atoms with Gasteiger partial charge in [-0.2, -0.15) is 13.2 Å². The van der Waals surface area contributed by atoms with Crippen LogP contribution >= 0.6 is 0 Å². The summed E-state index contributed by atoms with van der Waals surface area (Å²) in [7, 11) is 0. The van der Waals surface area contributed by atoms with Crippen molar-refractivity contribution in [3.05, 3.63) is 17.7 Å². The normalized spacial score (nSPS) is 19.2. The number of aromatic hydroxyl groups is 1. The van der Waals surface area contributed by atoms with E-state index in [1.54, 1.807) is 0 Å². The summed E-state index contributed by atoms with van der Waals surface area (Å²) < 4.78 is 40.7. The van der Waals surface area contributed by atoms with Crippen LogP contribution in [-0.2, 0) is 6.18 Å². The van der Waals surface area contributed by atoms with Gasteiger partial charge in [0.2, 0.25) is 0 Å². The second-order valence-corrected chi connectivity index (χ2v) is 6.12. The first-order valence-corrected chi connectivity index (χ1v) is 6.32. The molecule has 1 saturated carbocycles. The third-order valence-electron chi connectivity index (χ3n) is 3.78. The van der Waals surface area contributed by atoms with Crippen molar-refractivity contribution in [2.45, 2.75) is 38.9 Å². The van der Waals surface area contributed by atoms with Gasteiger partial charge in [-0.3, -0.25) is 0 Å². The molecule has 108 valence electrons. The quantitative estimate of drug-likeness (QED) is 0.872. The van der Waals surface area contributed by atoms with Gasteiger partial charge in [0, 0.05) is 6.07 Å². The van der Waals surface area contributed by atoms with E-state index in [0.29, 0.717) is 0 Å². The van der Waals surface area contributed by atoms with Gasteiger partial charge in [0.05, 0.1) is 11.6 Å². The van der Waals surface area contributed by atoms with Gasteiger partial charge in [0.15, 0.2) is 0 Å². The molecule has 20 heavy (non-hydrogen) atoms. The molecule has 1 heterocycles. The van der Waals surface area contributed by atoms with Crippen LogP contribution < -0.4 is 0 Å². The molecule has 1 aromatic carbocycles. The van der Waals surface area contributed by atoms with E-state index >= 15 is 0 Å². The van der Waals surface area contributed by atoms with E-state index in [4.69, 9.17) is 0 Å². The van der Waals surface area contributed by atoms with Crippen molar-refractivity contribution in [1.82, 2.24) is 15.0 Å². The molecule has 1 N–H and O–H groups in total. The number of hydrogen-bond acceptors (Lipinski definition) is 3. The number of rotatable bonds is 1. The Morgan fingerprint density at radius 3 is 2.50 bits per heavy atom. The van der Waals surface area contributed by atoms with E-state index in [1.165, 1.54) is 10.7 Å². The lowest BCUT2D eigenvalue weighted by Gasteiger charge is -2.42. The Morgan fingerprint density at radius 2 is 1.95 bits per heavy atom. The Balaban J connectivity index is 2.16.